The third-order valence-electron chi connectivity index (χ3n) is 2.30. The van der Waals surface area contributed by atoms with E-state index in [-0.39, 0.29) is 18.1 Å². The van der Waals surface area contributed by atoms with E-state index in [0.717, 1.165) is 5.69 Å². The van der Waals surface area contributed by atoms with Crippen LogP contribution in [-0.4, -0.2) is 23.2 Å². The number of ketones is 1. The van der Waals surface area contributed by atoms with Crippen molar-refractivity contribution in [3.8, 4) is 0 Å². The van der Waals surface area contributed by atoms with Crippen LogP contribution in [0, 0.1) is 0 Å². The molecule has 1 aliphatic heterocycles. The van der Waals surface area contributed by atoms with Crippen molar-refractivity contribution in [2.75, 3.05) is 6.54 Å². The zero-order valence-corrected chi connectivity index (χ0v) is 7.56. The Hall–Kier alpha value is -1.71. The van der Waals surface area contributed by atoms with E-state index in [1.54, 1.807) is 6.20 Å². The van der Waals surface area contributed by atoms with Gasteiger partial charge in [-0.2, -0.15) is 0 Å². The van der Waals surface area contributed by atoms with Crippen LogP contribution in [0.2, 0.25) is 0 Å². The SMILES string of the molecule is O=C1C[C@@H](c2ccccn2)CNC1=O. The van der Waals surface area contributed by atoms with Gasteiger partial charge in [-0.15, -0.1) is 0 Å². The average molecular weight is 190 g/mol. The van der Waals surface area contributed by atoms with Gasteiger partial charge in [0.2, 0.25) is 5.78 Å². The second kappa shape index (κ2) is 3.57. The smallest absolute Gasteiger partial charge is 0.287 e. The Morgan fingerprint density at radius 3 is 2.86 bits per heavy atom. The first kappa shape index (κ1) is 8.87. The fourth-order valence-electron chi connectivity index (χ4n) is 1.53. The first-order chi connectivity index (χ1) is 6.77. The normalized spacial score (nSPS) is 21.9. The molecule has 1 saturated heterocycles. The van der Waals surface area contributed by atoms with Crippen LogP contribution in [-0.2, 0) is 9.59 Å². The second-order valence-electron chi connectivity index (χ2n) is 3.29. The standard InChI is InChI=1S/C10H10N2O2/c13-9-5-7(6-12-10(9)14)8-3-1-2-4-11-8/h1-4,7H,5-6H2,(H,12,14)/t7-/m1/s1. The van der Waals surface area contributed by atoms with Gasteiger partial charge in [0.05, 0.1) is 0 Å². The molecule has 72 valence electrons. The molecule has 0 spiro atoms. The summed E-state index contributed by atoms with van der Waals surface area (Å²) in [4.78, 5) is 26.2. The quantitative estimate of drug-likeness (QED) is 0.646. The molecule has 1 atom stereocenters. The molecule has 0 radical (unpaired) electrons. The molecule has 1 aromatic heterocycles. The Morgan fingerprint density at radius 2 is 2.21 bits per heavy atom. The van der Waals surface area contributed by atoms with Crippen molar-refractivity contribution in [2.24, 2.45) is 0 Å². The van der Waals surface area contributed by atoms with Crippen LogP contribution in [0.5, 0.6) is 0 Å². The highest BCUT2D eigenvalue weighted by Crippen LogP contribution is 2.19. The number of nitrogens with one attached hydrogen (secondary N) is 1. The van der Waals surface area contributed by atoms with Crippen LogP contribution >= 0.6 is 0 Å². The van der Waals surface area contributed by atoms with Crippen LogP contribution in [0.3, 0.4) is 0 Å². The predicted octanol–water partition coefficient (Wildman–Crippen LogP) is 0.254. The maximum absolute atomic E-state index is 11.1. The number of amides is 1. The molecule has 0 unspecified atom stereocenters. The Labute approximate surface area is 81.3 Å². The minimum atomic E-state index is -0.475. The summed E-state index contributed by atoms with van der Waals surface area (Å²) in [5, 5.41) is 2.55. The first-order valence-electron chi connectivity index (χ1n) is 4.49. The van der Waals surface area contributed by atoms with Gasteiger partial charge in [0, 0.05) is 30.8 Å². The van der Waals surface area contributed by atoms with Gasteiger partial charge in [-0.3, -0.25) is 14.6 Å². The lowest BCUT2D eigenvalue weighted by Gasteiger charge is -2.20. The van der Waals surface area contributed by atoms with Gasteiger partial charge in [0.15, 0.2) is 0 Å². The molecule has 0 saturated carbocycles. The highest BCUT2D eigenvalue weighted by Gasteiger charge is 2.27. The highest BCUT2D eigenvalue weighted by atomic mass is 16.2. The third-order valence-corrected chi connectivity index (χ3v) is 2.30. The van der Waals surface area contributed by atoms with E-state index < -0.39 is 5.91 Å². The molecule has 1 amide bonds. The number of pyridine rings is 1. The lowest BCUT2D eigenvalue weighted by Crippen LogP contribution is -2.41. The molecule has 4 nitrogen and oxygen atoms in total. The topological polar surface area (TPSA) is 59.1 Å². The van der Waals surface area contributed by atoms with E-state index in [4.69, 9.17) is 0 Å². The number of hydrogen-bond donors (Lipinski definition) is 1. The Balaban J connectivity index is 2.14. The predicted molar refractivity (Wildman–Crippen MR) is 49.6 cm³/mol. The molecule has 2 rings (SSSR count). The van der Waals surface area contributed by atoms with E-state index in [9.17, 15) is 9.59 Å². The number of Topliss-reactive ketones (excluding diaryl/α,β-unsaturated/α-hetero) is 1. The third kappa shape index (κ3) is 1.64. The maximum atomic E-state index is 11.1. The zero-order valence-electron chi connectivity index (χ0n) is 7.56. The summed E-state index contributed by atoms with van der Waals surface area (Å²) in [6.07, 6.45) is 1.96. The van der Waals surface area contributed by atoms with E-state index >= 15 is 0 Å². The van der Waals surface area contributed by atoms with E-state index in [1.165, 1.54) is 0 Å². The lowest BCUT2D eigenvalue weighted by atomic mass is 9.94. The van der Waals surface area contributed by atoms with Crippen LogP contribution < -0.4 is 5.32 Å². The van der Waals surface area contributed by atoms with E-state index in [0.29, 0.717) is 6.54 Å². The Kier molecular flexibility index (Phi) is 2.26. The van der Waals surface area contributed by atoms with Gasteiger partial charge < -0.3 is 5.32 Å². The van der Waals surface area contributed by atoms with Crippen molar-refractivity contribution in [1.82, 2.24) is 10.3 Å². The van der Waals surface area contributed by atoms with Crippen LogP contribution in [0.1, 0.15) is 18.0 Å². The monoisotopic (exact) mass is 190 g/mol. The zero-order chi connectivity index (χ0) is 9.97. The van der Waals surface area contributed by atoms with Crippen molar-refractivity contribution in [2.45, 2.75) is 12.3 Å². The largest absolute Gasteiger partial charge is 0.349 e. The fraction of sp³-hybridized carbons (Fsp3) is 0.300. The van der Waals surface area contributed by atoms with Gasteiger partial charge in [-0.05, 0) is 12.1 Å². The Morgan fingerprint density at radius 1 is 1.36 bits per heavy atom. The first-order valence-corrected chi connectivity index (χ1v) is 4.49. The molecule has 1 aliphatic rings. The summed E-state index contributed by atoms with van der Waals surface area (Å²) in [6, 6.07) is 5.57. The highest BCUT2D eigenvalue weighted by molar-refractivity contribution is 6.36. The van der Waals surface area contributed by atoms with Crippen molar-refractivity contribution in [3.05, 3.63) is 30.1 Å². The van der Waals surface area contributed by atoms with E-state index in [1.807, 2.05) is 18.2 Å². The van der Waals surface area contributed by atoms with Gasteiger partial charge >= 0.3 is 0 Å². The molecular formula is C10H10N2O2. The second-order valence-corrected chi connectivity index (χ2v) is 3.29. The molecule has 0 bridgehead atoms. The van der Waals surface area contributed by atoms with Crippen molar-refractivity contribution in [3.63, 3.8) is 0 Å². The summed E-state index contributed by atoms with van der Waals surface area (Å²) < 4.78 is 0. The molecule has 2 heterocycles. The van der Waals surface area contributed by atoms with Crippen LogP contribution in [0.25, 0.3) is 0 Å². The molecule has 0 aliphatic carbocycles. The van der Waals surface area contributed by atoms with E-state index in [2.05, 4.69) is 10.3 Å². The number of piperidine rings is 1. The minimum Gasteiger partial charge on any atom is -0.349 e. The summed E-state index contributed by atoms with van der Waals surface area (Å²) in [6.45, 7) is 0.502. The van der Waals surface area contributed by atoms with Crippen LogP contribution in [0.15, 0.2) is 24.4 Å². The summed E-state index contributed by atoms with van der Waals surface area (Å²) in [5.74, 6) is -0.800. The lowest BCUT2D eigenvalue weighted by molar-refractivity contribution is -0.139. The minimum absolute atomic E-state index is 0.0291. The average Bonchev–Trinajstić information content (AvgIpc) is 2.23. The molecule has 1 aromatic rings. The molecule has 14 heavy (non-hydrogen) atoms. The number of carbonyl (C=O) groups is 2. The summed E-state index contributed by atoms with van der Waals surface area (Å²) >= 11 is 0. The molecule has 1 fully saturated rings. The van der Waals surface area contributed by atoms with Crippen molar-refractivity contribution in [1.29, 1.82) is 0 Å². The number of rotatable bonds is 1. The van der Waals surface area contributed by atoms with Crippen molar-refractivity contribution >= 4 is 11.7 Å². The fourth-order valence-corrected chi connectivity index (χ4v) is 1.53. The maximum Gasteiger partial charge on any atom is 0.287 e. The van der Waals surface area contributed by atoms with Crippen LogP contribution in [0.4, 0.5) is 0 Å². The summed E-state index contributed by atoms with van der Waals surface area (Å²) in [5.41, 5.74) is 0.862. The Bertz CT molecular complexity index is 362. The van der Waals surface area contributed by atoms with Gasteiger partial charge in [0.25, 0.3) is 5.91 Å². The molecule has 1 N–H and O–H groups in total. The van der Waals surface area contributed by atoms with Gasteiger partial charge in [-0.1, -0.05) is 6.07 Å². The van der Waals surface area contributed by atoms with Crippen molar-refractivity contribution < 1.29 is 9.59 Å². The number of hydrogen-bond acceptors (Lipinski definition) is 3. The number of nitrogens with zero attached hydrogens (tertiary/aromatic N) is 1. The molecular weight excluding hydrogens is 180 g/mol. The summed E-state index contributed by atoms with van der Waals surface area (Å²) in [7, 11) is 0. The van der Waals surface area contributed by atoms with Gasteiger partial charge in [0.1, 0.15) is 0 Å². The molecule has 4 heteroatoms. The molecule has 0 aromatic carbocycles. The van der Waals surface area contributed by atoms with Gasteiger partial charge in [-0.25, -0.2) is 0 Å². The number of aromatic nitrogens is 1. The number of carbonyl (C=O) groups excluding carboxylic acids is 2.